The summed E-state index contributed by atoms with van der Waals surface area (Å²) in [6.07, 6.45) is 1.04. The number of ketones is 1. The van der Waals surface area contributed by atoms with Gasteiger partial charge < -0.3 is 10.6 Å². The third-order valence-electron chi connectivity index (χ3n) is 5.39. The van der Waals surface area contributed by atoms with Gasteiger partial charge in [-0.15, -0.1) is 0 Å². The van der Waals surface area contributed by atoms with Crippen LogP contribution in [0.4, 0.5) is 9.18 Å². The third kappa shape index (κ3) is 3.54. The van der Waals surface area contributed by atoms with Crippen molar-refractivity contribution < 1.29 is 14.0 Å². The number of Topliss-reactive ketones (excluding diaryl/α,β-unsaturated/α-hetero) is 1. The van der Waals surface area contributed by atoms with Gasteiger partial charge in [0, 0.05) is 18.0 Å². The van der Waals surface area contributed by atoms with Gasteiger partial charge in [0.2, 0.25) is 0 Å². The monoisotopic (exact) mass is 406 g/mol. The summed E-state index contributed by atoms with van der Waals surface area (Å²) in [5.41, 5.74) is 3.11. The van der Waals surface area contributed by atoms with E-state index >= 15 is 0 Å². The Morgan fingerprint density at radius 2 is 2.04 bits per heavy atom. The van der Waals surface area contributed by atoms with Crippen molar-refractivity contribution in [3.05, 3.63) is 69.0 Å². The molecule has 2 aliphatic rings. The molecule has 0 bridgehead atoms. The molecule has 2 amide bonds. The molecule has 2 aromatic carbocycles. The lowest BCUT2D eigenvalue weighted by molar-refractivity contribution is -0.120. The van der Waals surface area contributed by atoms with Gasteiger partial charge in [0.25, 0.3) is 0 Å². The number of benzene rings is 2. The Morgan fingerprint density at radius 1 is 1.22 bits per heavy atom. The van der Waals surface area contributed by atoms with E-state index in [-0.39, 0.29) is 41.6 Å². The zero-order valence-electron chi connectivity index (χ0n) is 14.3. The molecule has 1 saturated heterocycles. The lowest BCUT2D eigenvalue weighted by atomic mass is 9.67. The Morgan fingerprint density at radius 3 is 2.74 bits per heavy atom. The molecule has 0 spiro atoms. The van der Waals surface area contributed by atoms with Crippen LogP contribution in [0.3, 0.4) is 0 Å². The number of rotatable bonds is 5. The molecule has 2 aromatic rings. The number of fused-ring (bicyclic) bond motifs is 1. The van der Waals surface area contributed by atoms with Crippen molar-refractivity contribution in [2.45, 2.75) is 30.7 Å². The predicted molar refractivity (Wildman–Crippen MR) is 102 cm³/mol. The van der Waals surface area contributed by atoms with Crippen LogP contribution in [-0.4, -0.2) is 24.4 Å². The molecule has 4 rings (SSSR count). The number of carbonyl (C=O) groups excluding carboxylic acids is 2. The van der Waals surface area contributed by atoms with E-state index in [4.69, 9.17) is 23.2 Å². The molecule has 27 heavy (non-hydrogen) atoms. The fourth-order valence-corrected chi connectivity index (χ4v) is 4.29. The van der Waals surface area contributed by atoms with Crippen LogP contribution in [0.5, 0.6) is 0 Å². The molecule has 140 valence electrons. The summed E-state index contributed by atoms with van der Waals surface area (Å²) in [4.78, 5) is 24.1. The second kappa shape index (κ2) is 7.13. The third-order valence-corrected chi connectivity index (χ3v) is 5.91. The van der Waals surface area contributed by atoms with Crippen LogP contribution < -0.4 is 10.6 Å². The minimum atomic E-state index is -0.546. The molecule has 0 radical (unpaired) electrons. The highest BCUT2D eigenvalue weighted by Gasteiger charge is 2.37. The smallest absolute Gasteiger partial charge is 0.315 e. The highest BCUT2D eigenvalue weighted by Crippen LogP contribution is 2.47. The first-order valence-corrected chi connectivity index (χ1v) is 9.48. The highest BCUT2D eigenvalue weighted by atomic mass is 35.5. The average molecular weight is 407 g/mol. The minimum Gasteiger partial charge on any atom is -0.336 e. The maximum Gasteiger partial charge on any atom is 0.315 e. The first kappa shape index (κ1) is 18.3. The highest BCUT2D eigenvalue weighted by molar-refractivity contribution is 6.31. The van der Waals surface area contributed by atoms with E-state index in [0.717, 1.165) is 17.5 Å². The van der Waals surface area contributed by atoms with E-state index in [1.54, 1.807) is 12.1 Å². The van der Waals surface area contributed by atoms with Gasteiger partial charge in [-0.05, 0) is 59.2 Å². The van der Waals surface area contributed by atoms with E-state index in [9.17, 15) is 14.0 Å². The number of amides is 2. The van der Waals surface area contributed by atoms with E-state index in [2.05, 4.69) is 10.6 Å². The first-order valence-electron chi connectivity index (χ1n) is 8.72. The number of nitrogens with one attached hydrogen (secondary N) is 2. The number of halogens is 3. The van der Waals surface area contributed by atoms with Crippen molar-refractivity contribution in [2.24, 2.45) is 0 Å². The number of carbonyl (C=O) groups is 2. The van der Waals surface area contributed by atoms with Gasteiger partial charge in [0.15, 0.2) is 5.78 Å². The molecule has 2 unspecified atom stereocenters. The van der Waals surface area contributed by atoms with Crippen LogP contribution in [0.25, 0.3) is 0 Å². The molecule has 2 N–H and O–H groups in total. The molecule has 3 atom stereocenters. The van der Waals surface area contributed by atoms with Crippen LogP contribution in [0.15, 0.2) is 36.4 Å². The summed E-state index contributed by atoms with van der Waals surface area (Å²) in [5.74, 6) is -0.627. The molecule has 1 fully saturated rings. The Balaban J connectivity index is 1.64. The van der Waals surface area contributed by atoms with Gasteiger partial charge in [-0.2, -0.15) is 0 Å². The molecule has 7 heteroatoms. The zero-order valence-corrected chi connectivity index (χ0v) is 15.8. The summed E-state index contributed by atoms with van der Waals surface area (Å²) in [6, 6.07) is 9.47. The fourth-order valence-electron chi connectivity index (χ4n) is 3.92. The molecule has 0 saturated carbocycles. The summed E-state index contributed by atoms with van der Waals surface area (Å²) >= 11 is 12.1. The second-order valence-electron chi connectivity index (χ2n) is 7.01. The molecule has 4 nitrogen and oxygen atoms in total. The molecule has 0 aromatic heterocycles. The van der Waals surface area contributed by atoms with E-state index < -0.39 is 11.9 Å². The zero-order chi connectivity index (χ0) is 19.1. The van der Waals surface area contributed by atoms with Crippen LogP contribution in [-0.2, 0) is 11.2 Å². The maximum absolute atomic E-state index is 13.6. The van der Waals surface area contributed by atoms with Crippen molar-refractivity contribution in [1.29, 1.82) is 0 Å². The largest absolute Gasteiger partial charge is 0.336 e. The fraction of sp³-hybridized carbons (Fsp3) is 0.300. The Kier molecular flexibility index (Phi) is 4.82. The van der Waals surface area contributed by atoms with Crippen molar-refractivity contribution >= 4 is 35.0 Å². The molecule has 1 aliphatic heterocycles. The topological polar surface area (TPSA) is 58.2 Å². The van der Waals surface area contributed by atoms with Gasteiger partial charge in [-0.3, -0.25) is 4.79 Å². The maximum atomic E-state index is 13.6. The molecule has 1 heterocycles. The normalized spacial score (nSPS) is 21.7. The van der Waals surface area contributed by atoms with Crippen molar-refractivity contribution in [3.63, 3.8) is 0 Å². The minimum absolute atomic E-state index is 0.0337. The van der Waals surface area contributed by atoms with E-state index in [1.807, 2.05) is 18.2 Å². The van der Waals surface area contributed by atoms with E-state index in [1.165, 1.54) is 11.6 Å². The number of hydrogen-bond donors (Lipinski definition) is 2. The summed E-state index contributed by atoms with van der Waals surface area (Å²) in [6.45, 7) is 0.279. The quantitative estimate of drug-likeness (QED) is 0.781. The van der Waals surface area contributed by atoms with Crippen molar-refractivity contribution in [1.82, 2.24) is 10.6 Å². The average Bonchev–Trinajstić information content (AvgIpc) is 3.06. The lowest BCUT2D eigenvalue weighted by Crippen LogP contribution is -2.36. The van der Waals surface area contributed by atoms with E-state index in [0.29, 0.717) is 5.02 Å². The summed E-state index contributed by atoms with van der Waals surface area (Å²) in [5, 5.41) is 5.91. The van der Waals surface area contributed by atoms with Crippen LogP contribution in [0.2, 0.25) is 10.0 Å². The summed E-state index contributed by atoms with van der Waals surface area (Å²) in [7, 11) is 0. The second-order valence-corrected chi connectivity index (χ2v) is 7.85. The van der Waals surface area contributed by atoms with Crippen molar-refractivity contribution in [2.75, 3.05) is 6.54 Å². The first-order chi connectivity index (χ1) is 12.9. The molecule has 1 aliphatic carbocycles. The standard InChI is InChI=1S/C20H17Cl2FN2O2/c21-12-3-1-10-5-15(13(10)7-12)14(11-2-4-17(23)16(22)6-11)8-19(26)18-9-24-20(27)25-18/h1-4,6-7,14-15,18H,5,8-9H2,(H2,24,25,27)/t14?,15?,18-/m0/s1. The molecular formula is C20H17Cl2FN2O2. The summed E-state index contributed by atoms with van der Waals surface area (Å²) < 4.78 is 13.6. The van der Waals surface area contributed by atoms with Gasteiger partial charge in [-0.1, -0.05) is 35.3 Å². The van der Waals surface area contributed by atoms with Gasteiger partial charge in [0.1, 0.15) is 11.9 Å². The molecular weight excluding hydrogens is 390 g/mol. The van der Waals surface area contributed by atoms with Crippen LogP contribution >= 0.6 is 23.2 Å². The van der Waals surface area contributed by atoms with Gasteiger partial charge >= 0.3 is 6.03 Å². The Hall–Kier alpha value is -2.11. The lowest BCUT2D eigenvalue weighted by Gasteiger charge is -2.37. The van der Waals surface area contributed by atoms with Gasteiger partial charge in [0.05, 0.1) is 5.02 Å². The SMILES string of the molecule is O=C1NC[C@@H](C(=O)CC(c2ccc(F)c(Cl)c2)C2Cc3ccc(Cl)cc32)N1. The van der Waals surface area contributed by atoms with Crippen LogP contribution in [0.1, 0.15) is 34.9 Å². The Bertz CT molecular complexity index is 934. The predicted octanol–water partition coefficient (Wildman–Crippen LogP) is 4.20. The van der Waals surface area contributed by atoms with Crippen molar-refractivity contribution in [3.8, 4) is 0 Å². The van der Waals surface area contributed by atoms with Gasteiger partial charge in [-0.25, -0.2) is 9.18 Å². The Labute approximate surface area is 166 Å². The van der Waals surface area contributed by atoms with Crippen LogP contribution in [0, 0.1) is 5.82 Å². The number of urea groups is 1. The number of hydrogen-bond acceptors (Lipinski definition) is 2.